The van der Waals surface area contributed by atoms with Crippen molar-refractivity contribution in [1.82, 2.24) is 10.3 Å². The van der Waals surface area contributed by atoms with Gasteiger partial charge in [0.1, 0.15) is 0 Å². The first-order valence-electron chi connectivity index (χ1n) is 8.15. The highest BCUT2D eigenvalue weighted by Crippen LogP contribution is 2.39. The molecule has 0 unspecified atom stereocenters. The standard InChI is InChI=1S/C19H20N2O4S2/c1-11-21-14(10-26-11)16-8-5-12(27-16)9-20-19(22)13-6-7-15(23-2)18(25-4)17(13)24-3/h5-8,10H,9H2,1-4H3,(H,20,22). The first-order chi connectivity index (χ1) is 13.1. The van der Waals surface area contributed by atoms with E-state index in [0.29, 0.717) is 29.4 Å². The van der Waals surface area contributed by atoms with E-state index in [1.165, 1.54) is 21.3 Å². The number of hydrogen-bond acceptors (Lipinski definition) is 7. The second-order valence-electron chi connectivity index (χ2n) is 5.58. The fraction of sp³-hybridized carbons (Fsp3) is 0.263. The number of rotatable bonds is 7. The Morgan fingerprint density at radius 1 is 1.07 bits per heavy atom. The molecule has 3 aromatic rings. The Morgan fingerprint density at radius 2 is 1.85 bits per heavy atom. The maximum Gasteiger partial charge on any atom is 0.255 e. The smallest absolute Gasteiger partial charge is 0.255 e. The number of aryl methyl sites for hydroxylation is 1. The number of nitrogens with zero attached hydrogens (tertiary/aromatic N) is 1. The van der Waals surface area contributed by atoms with E-state index >= 15 is 0 Å². The van der Waals surface area contributed by atoms with Crippen LogP contribution in [0.1, 0.15) is 20.2 Å². The lowest BCUT2D eigenvalue weighted by atomic mass is 10.1. The summed E-state index contributed by atoms with van der Waals surface area (Å²) >= 11 is 3.24. The van der Waals surface area contributed by atoms with Gasteiger partial charge < -0.3 is 19.5 Å². The van der Waals surface area contributed by atoms with Crippen LogP contribution in [0.2, 0.25) is 0 Å². The maximum atomic E-state index is 12.7. The molecule has 0 radical (unpaired) electrons. The molecule has 2 aromatic heterocycles. The number of amides is 1. The number of ether oxygens (including phenoxy) is 3. The molecule has 6 nitrogen and oxygen atoms in total. The predicted molar refractivity (Wildman–Crippen MR) is 107 cm³/mol. The Labute approximate surface area is 165 Å². The maximum absolute atomic E-state index is 12.7. The molecule has 0 bridgehead atoms. The Morgan fingerprint density at radius 3 is 2.48 bits per heavy atom. The molecule has 1 N–H and O–H groups in total. The van der Waals surface area contributed by atoms with Gasteiger partial charge in [-0.2, -0.15) is 0 Å². The zero-order chi connectivity index (χ0) is 19.4. The monoisotopic (exact) mass is 404 g/mol. The minimum atomic E-state index is -0.243. The Hall–Kier alpha value is -2.58. The van der Waals surface area contributed by atoms with Gasteiger partial charge in [-0.05, 0) is 31.2 Å². The lowest BCUT2D eigenvalue weighted by Gasteiger charge is -2.15. The van der Waals surface area contributed by atoms with Crippen LogP contribution in [0.25, 0.3) is 10.6 Å². The van der Waals surface area contributed by atoms with Crippen LogP contribution >= 0.6 is 22.7 Å². The molecule has 0 atom stereocenters. The Balaban J connectivity index is 1.74. The van der Waals surface area contributed by atoms with Crippen LogP contribution in [0.15, 0.2) is 29.6 Å². The van der Waals surface area contributed by atoms with E-state index in [1.54, 1.807) is 34.8 Å². The van der Waals surface area contributed by atoms with E-state index in [2.05, 4.69) is 10.3 Å². The van der Waals surface area contributed by atoms with Crippen molar-refractivity contribution >= 4 is 28.6 Å². The van der Waals surface area contributed by atoms with Gasteiger partial charge in [0.15, 0.2) is 11.5 Å². The van der Waals surface area contributed by atoms with Crippen molar-refractivity contribution in [2.45, 2.75) is 13.5 Å². The number of benzene rings is 1. The number of methoxy groups -OCH3 is 3. The van der Waals surface area contributed by atoms with Crippen LogP contribution in [-0.4, -0.2) is 32.2 Å². The normalized spacial score (nSPS) is 10.5. The molecule has 0 saturated heterocycles. The molecule has 1 amide bonds. The molecule has 142 valence electrons. The zero-order valence-corrected chi connectivity index (χ0v) is 17.1. The number of carbonyl (C=O) groups is 1. The Kier molecular flexibility index (Phi) is 5.98. The number of aromatic nitrogens is 1. The SMILES string of the molecule is COc1ccc(C(=O)NCc2ccc(-c3csc(C)n3)s2)c(OC)c1OC. The lowest BCUT2D eigenvalue weighted by Crippen LogP contribution is -2.23. The van der Waals surface area contributed by atoms with Crippen LogP contribution in [0, 0.1) is 6.92 Å². The summed E-state index contributed by atoms with van der Waals surface area (Å²) < 4.78 is 16.0. The number of hydrogen-bond donors (Lipinski definition) is 1. The molecule has 0 aliphatic rings. The molecular weight excluding hydrogens is 384 g/mol. The first-order valence-corrected chi connectivity index (χ1v) is 9.85. The third-order valence-electron chi connectivity index (χ3n) is 3.91. The Bertz CT molecular complexity index is 949. The lowest BCUT2D eigenvalue weighted by molar-refractivity contribution is 0.0947. The van der Waals surface area contributed by atoms with Crippen molar-refractivity contribution in [3.8, 4) is 27.8 Å². The van der Waals surface area contributed by atoms with E-state index in [9.17, 15) is 4.79 Å². The van der Waals surface area contributed by atoms with Crippen molar-refractivity contribution < 1.29 is 19.0 Å². The van der Waals surface area contributed by atoms with Gasteiger partial charge in [0.25, 0.3) is 5.91 Å². The molecule has 0 aliphatic heterocycles. The molecule has 0 fully saturated rings. The molecule has 3 rings (SSSR count). The highest BCUT2D eigenvalue weighted by atomic mass is 32.1. The number of nitrogens with one attached hydrogen (secondary N) is 1. The summed E-state index contributed by atoms with van der Waals surface area (Å²) in [5, 5.41) is 6.00. The molecule has 0 saturated carbocycles. The van der Waals surface area contributed by atoms with Crippen LogP contribution in [0.4, 0.5) is 0 Å². The molecular formula is C19H20N2O4S2. The molecule has 0 spiro atoms. The molecule has 27 heavy (non-hydrogen) atoms. The second kappa shape index (κ2) is 8.41. The van der Waals surface area contributed by atoms with Gasteiger partial charge in [-0.3, -0.25) is 4.79 Å². The van der Waals surface area contributed by atoms with E-state index in [0.717, 1.165) is 20.5 Å². The van der Waals surface area contributed by atoms with Crippen molar-refractivity contribution in [2.75, 3.05) is 21.3 Å². The quantitative estimate of drug-likeness (QED) is 0.641. The zero-order valence-electron chi connectivity index (χ0n) is 15.5. The highest BCUT2D eigenvalue weighted by molar-refractivity contribution is 7.16. The summed E-state index contributed by atoms with van der Waals surface area (Å²) in [5.41, 5.74) is 1.36. The van der Waals surface area contributed by atoms with Crippen molar-refractivity contribution in [3.63, 3.8) is 0 Å². The van der Waals surface area contributed by atoms with Gasteiger partial charge in [0.2, 0.25) is 5.75 Å². The van der Waals surface area contributed by atoms with E-state index in [4.69, 9.17) is 14.2 Å². The van der Waals surface area contributed by atoms with Gasteiger partial charge in [-0.15, -0.1) is 22.7 Å². The summed E-state index contributed by atoms with van der Waals surface area (Å²) in [6.45, 7) is 2.41. The van der Waals surface area contributed by atoms with Gasteiger partial charge >= 0.3 is 0 Å². The molecule has 1 aromatic carbocycles. The summed E-state index contributed by atoms with van der Waals surface area (Å²) in [6, 6.07) is 7.37. The average molecular weight is 405 g/mol. The summed E-state index contributed by atoms with van der Waals surface area (Å²) in [6.07, 6.45) is 0. The number of thiazole rings is 1. The second-order valence-corrected chi connectivity index (χ2v) is 7.81. The van der Waals surface area contributed by atoms with Crippen molar-refractivity contribution in [2.24, 2.45) is 0 Å². The fourth-order valence-electron chi connectivity index (χ4n) is 2.63. The minimum absolute atomic E-state index is 0.243. The third kappa shape index (κ3) is 4.06. The van der Waals surface area contributed by atoms with Gasteiger partial charge in [0, 0.05) is 10.3 Å². The first kappa shape index (κ1) is 19.2. The van der Waals surface area contributed by atoms with Crippen LogP contribution in [0.5, 0.6) is 17.2 Å². The topological polar surface area (TPSA) is 69.7 Å². The van der Waals surface area contributed by atoms with E-state index in [-0.39, 0.29) is 5.91 Å². The highest BCUT2D eigenvalue weighted by Gasteiger charge is 2.20. The van der Waals surface area contributed by atoms with Crippen LogP contribution in [0.3, 0.4) is 0 Å². The van der Waals surface area contributed by atoms with Crippen molar-refractivity contribution in [3.05, 3.63) is 45.1 Å². The molecule has 0 aliphatic carbocycles. The van der Waals surface area contributed by atoms with Crippen LogP contribution < -0.4 is 19.5 Å². The average Bonchev–Trinajstić information content (AvgIpc) is 3.33. The number of thiophene rings is 1. The molecule has 8 heteroatoms. The molecule has 2 heterocycles. The van der Waals surface area contributed by atoms with Gasteiger partial charge in [-0.1, -0.05) is 0 Å². The summed E-state index contributed by atoms with van der Waals surface area (Å²) in [7, 11) is 4.54. The minimum Gasteiger partial charge on any atom is -0.493 e. The van der Waals surface area contributed by atoms with Crippen molar-refractivity contribution in [1.29, 1.82) is 0 Å². The third-order valence-corrected chi connectivity index (χ3v) is 5.79. The van der Waals surface area contributed by atoms with E-state index in [1.807, 2.05) is 24.4 Å². The largest absolute Gasteiger partial charge is 0.493 e. The number of carbonyl (C=O) groups excluding carboxylic acids is 1. The van der Waals surface area contributed by atoms with Gasteiger partial charge in [0.05, 0.1) is 49.0 Å². The predicted octanol–water partition coefficient (Wildman–Crippen LogP) is 4.14. The summed E-state index contributed by atoms with van der Waals surface area (Å²) in [5.74, 6) is 1.00. The fourth-order valence-corrected chi connectivity index (χ4v) is 4.23. The van der Waals surface area contributed by atoms with E-state index < -0.39 is 0 Å². The van der Waals surface area contributed by atoms with Gasteiger partial charge in [-0.25, -0.2) is 4.98 Å². The van der Waals surface area contributed by atoms with Crippen LogP contribution in [-0.2, 0) is 6.54 Å². The summed E-state index contributed by atoms with van der Waals surface area (Å²) in [4.78, 5) is 19.3.